The lowest BCUT2D eigenvalue weighted by Crippen LogP contribution is -2.45. The van der Waals surface area contributed by atoms with Crippen molar-refractivity contribution in [2.24, 2.45) is 0 Å². The van der Waals surface area contributed by atoms with Gasteiger partial charge in [-0.2, -0.15) is 0 Å². The van der Waals surface area contributed by atoms with Crippen LogP contribution in [0.2, 0.25) is 0 Å². The Hall–Kier alpha value is -2.23. The number of rotatable bonds is 2. The van der Waals surface area contributed by atoms with Crippen LogP contribution >= 0.6 is 24.0 Å². The largest absolute Gasteiger partial charge is 0.353 e. The summed E-state index contributed by atoms with van der Waals surface area (Å²) in [6, 6.07) is 5.47. The number of likely N-dealkylation sites (N-methyl/N-ethyl adjacent to an activating group) is 2. The highest BCUT2D eigenvalue weighted by Gasteiger charge is 2.30. The molecule has 27 heavy (non-hydrogen) atoms. The molecule has 4 rings (SSSR count). The number of amides is 1. The van der Waals surface area contributed by atoms with Gasteiger partial charge in [0.2, 0.25) is 0 Å². The van der Waals surface area contributed by atoms with Crippen LogP contribution in [0, 0.1) is 0 Å². The van der Waals surface area contributed by atoms with Gasteiger partial charge in [-0.3, -0.25) is 18.9 Å². The van der Waals surface area contributed by atoms with Crippen LogP contribution in [-0.2, 0) is 4.79 Å². The minimum Gasteiger partial charge on any atom is -0.353 e. The maximum Gasteiger partial charge on any atom is 0.267 e. The number of piperazine rings is 1. The third-order valence-corrected chi connectivity index (χ3v) is 6.30. The van der Waals surface area contributed by atoms with Crippen LogP contribution in [0.5, 0.6) is 0 Å². The highest BCUT2D eigenvalue weighted by atomic mass is 32.2. The first-order valence-corrected chi connectivity index (χ1v) is 9.84. The first-order chi connectivity index (χ1) is 13.0. The van der Waals surface area contributed by atoms with Crippen molar-refractivity contribution in [2.75, 3.05) is 45.2 Å². The van der Waals surface area contributed by atoms with Crippen LogP contribution in [0.1, 0.15) is 5.56 Å². The van der Waals surface area contributed by atoms with Crippen LogP contribution in [0.15, 0.2) is 34.1 Å². The number of nitrogens with zero attached hydrogens (tertiary/aromatic N) is 5. The Bertz CT molecular complexity index is 1020. The number of hydrogen-bond donors (Lipinski definition) is 0. The number of carbonyl (C=O) groups is 1. The first kappa shape index (κ1) is 18.1. The summed E-state index contributed by atoms with van der Waals surface area (Å²) in [5, 5.41) is 0. The van der Waals surface area contributed by atoms with Gasteiger partial charge in [0.25, 0.3) is 11.5 Å². The maximum absolute atomic E-state index is 13.2. The average molecular weight is 402 g/mol. The number of thiocarbonyl (C=S) groups is 1. The molecule has 0 aliphatic carbocycles. The van der Waals surface area contributed by atoms with E-state index in [1.807, 2.05) is 12.1 Å². The molecule has 0 N–H and O–H groups in total. The highest BCUT2D eigenvalue weighted by molar-refractivity contribution is 8.26. The molecule has 140 valence electrons. The molecule has 2 aromatic rings. The van der Waals surface area contributed by atoms with Gasteiger partial charge in [0.15, 0.2) is 0 Å². The van der Waals surface area contributed by atoms with Crippen molar-refractivity contribution in [3.05, 3.63) is 45.2 Å². The van der Waals surface area contributed by atoms with Crippen molar-refractivity contribution in [1.29, 1.82) is 0 Å². The topological polar surface area (TPSA) is 61.2 Å². The van der Waals surface area contributed by atoms with Crippen LogP contribution in [-0.4, -0.2) is 69.7 Å². The predicted octanol–water partition coefficient (Wildman–Crippen LogP) is 1.28. The molecule has 2 fully saturated rings. The molecule has 2 saturated heterocycles. The predicted molar refractivity (Wildman–Crippen MR) is 112 cm³/mol. The fraction of sp³-hybridized carbons (Fsp3) is 0.333. The van der Waals surface area contributed by atoms with Crippen molar-refractivity contribution in [3.8, 4) is 0 Å². The third-order valence-electron chi connectivity index (χ3n) is 4.81. The van der Waals surface area contributed by atoms with Crippen LogP contribution in [0.25, 0.3) is 11.7 Å². The Labute approximate surface area is 166 Å². The zero-order valence-electron chi connectivity index (χ0n) is 15.1. The molecule has 2 aliphatic heterocycles. The maximum atomic E-state index is 13.2. The summed E-state index contributed by atoms with van der Waals surface area (Å²) in [5.74, 6) is 0.438. The third kappa shape index (κ3) is 3.26. The molecule has 9 heteroatoms. The molecule has 2 aliphatic rings. The molecule has 0 aromatic carbocycles. The fourth-order valence-electron chi connectivity index (χ4n) is 3.15. The highest BCUT2D eigenvalue weighted by Crippen LogP contribution is 2.32. The summed E-state index contributed by atoms with van der Waals surface area (Å²) >= 11 is 6.42. The Morgan fingerprint density at radius 3 is 2.56 bits per heavy atom. The van der Waals surface area contributed by atoms with E-state index in [1.54, 1.807) is 25.4 Å². The molecule has 0 saturated carbocycles. The van der Waals surface area contributed by atoms with Crippen LogP contribution < -0.4 is 10.5 Å². The average Bonchev–Trinajstić information content (AvgIpc) is 2.91. The number of thioether (sulfide) groups is 1. The molecular weight excluding hydrogens is 382 g/mol. The molecule has 7 nitrogen and oxygen atoms in total. The minimum atomic E-state index is -0.188. The van der Waals surface area contributed by atoms with E-state index in [-0.39, 0.29) is 11.5 Å². The molecular formula is C18H19N5O2S2. The number of fused-ring (bicyclic) bond motifs is 1. The van der Waals surface area contributed by atoms with Gasteiger partial charge in [-0.1, -0.05) is 30.0 Å². The number of pyridine rings is 1. The summed E-state index contributed by atoms with van der Waals surface area (Å²) < 4.78 is 2.00. The van der Waals surface area contributed by atoms with Gasteiger partial charge in [-0.15, -0.1) is 0 Å². The van der Waals surface area contributed by atoms with E-state index < -0.39 is 0 Å². The number of anilines is 1. The van der Waals surface area contributed by atoms with Crippen LogP contribution in [0.3, 0.4) is 0 Å². The summed E-state index contributed by atoms with van der Waals surface area (Å²) in [6.45, 7) is 3.35. The first-order valence-electron chi connectivity index (χ1n) is 8.62. The lowest BCUT2D eigenvalue weighted by atomic mass is 10.2. The molecule has 1 amide bonds. The SMILES string of the molecule is CN1CCN(c2nc3ccccn3c(=O)c2/C=C2/SC(=S)N(C)C2=O)CC1. The van der Waals surface area contributed by atoms with Gasteiger partial charge in [0, 0.05) is 39.4 Å². The van der Waals surface area contributed by atoms with Gasteiger partial charge in [0.1, 0.15) is 15.8 Å². The van der Waals surface area contributed by atoms with Gasteiger partial charge < -0.3 is 9.80 Å². The van der Waals surface area contributed by atoms with E-state index in [9.17, 15) is 9.59 Å². The van der Waals surface area contributed by atoms with E-state index in [2.05, 4.69) is 16.8 Å². The summed E-state index contributed by atoms with van der Waals surface area (Å²) in [7, 11) is 3.72. The molecule has 0 bridgehead atoms. The Kier molecular flexibility index (Phi) is 4.75. The quantitative estimate of drug-likeness (QED) is 0.555. The number of hydrogen-bond acceptors (Lipinski definition) is 7. The van der Waals surface area contributed by atoms with E-state index >= 15 is 0 Å². The second-order valence-corrected chi connectivity index (χ2v) is 8.29. The zero-order chi connectivity index (χ0) is 19.1. The van der Waals surface area contributed by atoms with Crippen molar-refractivity contribution < 1.29 is 4.79 Å². The Morgan fingerprint density at radius 2 is 1.89 bits per heavy atom. The normalized spacial score (nSPS) is 20.3. The smallest absolute Gasteiger partial charge is 0.267 e. The molecule has 0 atom stereocenters. The molecule has 2 aromatic heterocycles. The number of carbonyl (C=O) groups excluding carboxylic acids is 1. The molecule has 0 unspecified atom stereocenters. The summed E-state index contributed by atoms with van der Waals surface area (Å²) in [4.78, 5) is 36.6. The van der Waals surface area contributed by atoms with E-state index in [1.165, 1.54) is 21.1 Å². The lowest BCUT2D eigenvalue weighted by molar-refractivity contribution is -0.121. The molecule has 0 radical (unpaired) electrons. The second kappa shape index (κ2) is 7.06. The van der Waals surface area contributed by atoms with Gasteiger partial charge >= 0.3 is 0 Å². The van der Waals surface area contributed by atoms with Gasteiger partial charge in [0.05, 0.1) is 10.5 Å². The number of aromatic nitrogens is 2. The van der Waals surface area contributed by atoms with Gasteiger partial charge in [-0.25, -0.2) is 4.98 Å². The zero-order valence-corrected chi connectivity index (χ0v) is 16.7. The summed E-state index contributed by atoms with van der Waals surface area (Å²) in [6.07, 6.45) is 3.34. The minimum absolute atomic E-state index is 0.184. The fourth-order valence-corrected chi connectivity index (χ4v) is 4.31. The van der Waals surface area contributed by atoms with Crippen LogP contribution in [0.4, 0.5) is 5.82 Å². The summed E-state index contributed by atoms with van der Waals surface area (Å²) in [5.41, 5.74) is 0.838. The lowest BCUT2D eigenvalue weighted by Gasteiger charge is -2.34. The van der Waals surface area contributed by atoms with E-state index in [0.29, 0.717) is 26.3 Å². The Morgan fingerprint density at radius 1 is 1.15 bits per heavy atom. The van der Waals surface area contributed by atoms with E-state index in [0.717, 1.165) is 26.2 Å². The monoisotopic (exact) mass is 401 g/mol. The standard InChI is InChI=1S/C18H19N5O2S2/c1-20-7-9-22(10-8-20)15-12(11-13-17(25)21(2)18(26)27-13)16(24)23-6-4-3-5-14(23)19-15/h3-6,11H,7-10H2,1-2H3/b13-11+. The Balaban J connectivity index is 1.88. The second-order valence-electron chi connectivity index (χ2n) is 6.61. The van der Waals surface area contributed by atoms with Crippen molar-refractivity contribution in [3.63, 3.8) is 0 Å². The molecule has 0 spiro atoms. The van der Waals surface area contributed by atoms with Crippen molar-refractivity contribution in [1.82, 2.24) is 19.2 Å². The van der Waals surface area contributed by atoms with Crippen molar-refractivity contribution >= 4 is 51.7 Å². The van der Waals surface area contributed by atoms with Crippen molar-refractivity contribution in [2.45, 2.75) is 0 Å². The molecule has 4 heterocycles. The van der Waals surface area contributed by atoms with Gasteiger partial charge in [-0.05, 0) is 25.3 Å². The van der Waals surface area contributed by atoms with E-state index in [4.69, 9.17) is 17.2 Å².